The third kappa shape index (κ3) is 3.92. The van der Waals surface area contributed by atoms with Crippen molar-refractivity contribution >= 4 is 43.8 Å². The maximum absolute atomic E-state index is 12.5. The Labute approximate surface area is 166 Å². The Kier molecular flexibility index (Phi) is 5.03. The SMILES string of the molecule is O=S(=O)(Nc1nccs1)c1ccc(N[C@H]2CCCc3cccnc32)c(Cl)c1. The van der Waals surface area contributed by atoms with Crippen molar-refractivity contribution in [3.63, 3.8) is 0 Å². The van der Waals surface area contributed by atoms with Gasteiger partial charge in [0.05, 0.1) is 27.3 Å². The lowest BCUT2D eigenvalue weighted by molar-refractivity contribution is 0.583. The van der Waals surface area contributed by atoms with Crippen LogP contribution in [0, 0.1) is 0 Å². The molecule has 1 aliphatic carbocycles. The number of nitrogens with one attached hydrogen (secondary N) is 2. The molecular formula is C18H17ClN4O2S2. The molecule has 2 aromatic heterocycles. The van der Waals surface area contributed by atoms with E-state index in [4.69, 9.17) is 11.6 Å². The van der Waals surface area contributed by atoms with Crippen molar-refractivity contribution in [3.05, 3.63) is 64.4 Å². The fraction of sp³-hybridized carbons (Fsp3) is 0.222. The third-order valence-corrected chi connectivity index (χ3v) is 6.90. The van der Waals surface area contributed by atoms with Gasteiger partial charge in [0.2, 0.25) is 0 Å². The number of sulfonamides is 1. The van der Waals surface area contributed by atoms with Gasteiger partial charge in [-0.15, -0.1) is 11.3 Å². The van der Waals surface area contributed by atoms with E-state index in [1.807, 2.05) is 6.07 Å². The van der Waals surface area contributed by atoms with E-state index in [2.05, 4.69) is 26.1 Å². The maximum atomic E-state index is 12.5. The molecule has 1 aliphatic rings. The molecule has 1 aromatic carbocycles. The van der Waals surface area contributed by atoms with Crippen molar-refractivity contribution < 1.29 is 8.42 Å². The van der Waals surface area contributed by atoms with Crippen molar-refractivity contribution in [2.75, 3.05) is 10.0 Å². The smallest absolute Gasteiger partial charge is 0.263 e. The minimum atomic E-state index is -3.73. The second-order valence-corrected chi connectivity index (χ2v) is 9.21. The van der Waals surface area contributed by atoms with E-state index in [1.54, 1.807) is 23.8 Å². The summed E-state index contributed by atoms with van der Waals surface area (Å²) in [5.41, 5.74) is 2.96. The minimum Gasteiger partial charge on any atom is -0.375 e. The molecule has 0 saturated heterocycles. The molecule has 1 atom stereocenters. The number of hydrogen-bond acceptors (Lipinski definition) is 6. The van der Waals surface area contributed by atoms with E-state index in [-0.39, 0.29) is 10.9 Å². The van der Waals surface area contributed by atoms with Crippen molar-refractivity contribution in [1.29, 1.82) is 0 Å². The molecule has 0 saturated carbocycles. The number of hydrogen-bond donors (Lipinski definition) is 2. The molecule has 0 bridgehead atoms. The van der Waals surface area contributed by atoms with Crippen molar-refractivity contribution in [2.45, 2.75) is 30.2 Å². The first kappa shape index (κ1) is 18.2. The molecule has 0 unspecified atom stereocenters. The summed E-state index contributed by atoms with van der Waals surface area (Å²) >= 11 is 7.59. The molecule has 3 aromatic rings. The molecule has 2 N–H and O–H groups in total. The Balaban J connectivity index is 1.56. The van der Waals surface area contributed by atoms with Gasteiger partial charge in [-0.25, -0.2) is 13.4 Å². The summed E-state index contributed by atoms with van der Waals surface area (Å²) in [7, 11) is -3.73. The van der Waals surface area contributed by atoms with E-state index in [9.17, 15) is 8.42 Å². The Morgan fingerprint density at radius 2 is 2.07 bits per heavy atom. The molecule has 0 amide bonds. The van der Waals surface area contributed by atoms with Crippen molar-refractivity contribution in [2.24, 2.45) is 0 Å². The molecule has 6 nitrogen and oxygen atoms in total. The summed E-state index contributed by atoms with van der Waals surface area (Å²) in [5, 5.41) is 5.78. The van der Waals surface area contributed by atoms with E-state index in [0.29, 0.717) is 15.8 Å². The highest BCUT2D eigenvalue weighted by Crippen LogP contribution is 2.34. The van der Waals surface area contributed by atoms with Crippen LogP contribution < -0.4 is 10.0 Å². The van der Waals surface area contributed by atoms with Gasteiger partial charge in [-0.2, -0.15) is 0 Å². The van der Waals surface area contributed by atoms with Gasteiger partial charge in [0.15, 0.2) is 5.13 Å². The molecule has 0 spiro atoms. The number of aryl methyl sites for hydroxylation is 1. The lowest BCUT2D eigenvalue weighted by Gasteiger charge is -2.26. The second kappa shape index (κ2) is 7.46. The summed E-state index contributed by atoms with van der Waals surface area (Å²) in [5.74, 6) is 0. The van der Waals surface area contributed by atoms with E-state index in [0.717, 1.165) is 25.0 Å². The summed E-state index contributed by atoms with van der Waals surface area (Å²) in [6.45, 7) is 0. The van der Waals surface area contributed by atoms with Gasteiger partial charge in [-0.3, -0.25) is 9.71 Å². The van der Waals surface area contributed by atoms with Crippen LogP contribution >= 0.6 is 22.9 Å². The zero-order valence-corrected chi connectivity index (χ0v) is 16.6. The molecule has 0 fully saturated rings. The zero-order valence-electron chi connectivity index (χ0n) is 14.2. The van der Waals surface area contributed by atoms with Crippen molar-refractivity contribution in [1.82, 2.24) is 9.97 Å². The summed E-state index contributed by atoms with van der Waals surface area (Å²) in [4.78, 5) is 8.54. The van der Waals surface area contributed by atoms with Crippen LogP contribution in [0.15, 0.2) is 53.0 Å². The van der Waals surface area contributed by atoms with Crippen molar-refractivity contribution in [3.8, 4) is 0 Å². The van der Waals surface area contributed by atoms with Gasteiger partial charge < -0.3 is 5.32 Å². The summed E-state index contributed by atoms with van der Waals surface area (Å²) in [6, 6.07) is 8.77. The average Bonchev–Trinajstić information content (AvgIpc) is 3.16. The summed E-state index contributed by atoms with van der Waals surface area (Å²) < 4.78 is 27.4. The van der Waals surface area contributed by atoms with Gasteiger partial charge in [0.1, 0.15) is 0 Å². The predicted octanol–water partition coefficient (Wildman–Crippen LogP) is 4.48. The van der Waals surface area contributed by atoms with E-state index in [1.165, 1.54) is 29.0 Å². The van der Waals surface area contributed by atoms with Crippen LogP contribution in [0.25, 0.3) is 0 Å². The molecule has 4 rings (SSSR count). The number of thiazole rings is 1. The highest BCUT2D eigenvalue weighted by atomic mass is 35.5. The van der Waals surface area contributed by atoms with Crippen LogP contribution in [0.5, 0.6) is 0 Å². The molecular weight excluding hydrogens is 404 g/mol. The standard InChI is InChI=1S/C18H17ClN4O2S2/c19-14-11-13(27(24,25)23-18-21-9-10-26-18)6-7-15(14)22-16-5-1-3-12-4-2-8-20-17(12)16/h2,4,6-11,16,22H,1,3,5H2,(H,21,23)/t16-/m0/s1. The third-order valence-electron chi connectivity index (χ3n) is 4.43. The van der Waals surface area contributed by atoms with Crippen LogP contribution in [-0.2, 0) is 16.4 Å². The second-order valence-electron chi connectivity index (χ2n) is 6.22. The highest BCUT2D eigenvalue weighted by Gasteiger charge is 2.23. The zero-order chi connectivity index (χ0) is 18.9. The highest BCUT2D eigenvalue weighted by molar-refractivity contribution is 7.93. The lowest BCUT2D eigenvalue weighted by atomic mass is 9.92. The first-order chi connectivity index (χ1) is 13.0. The monoisotopic (exact) mass is 420 g/mol. The number of rotatable bonds is 5. The average molecular weight is 421 g/mol. The maximum Gasteiger partial charge on any atom is 0.263 e. The van der Waals surface area contributed by atoms with Crippen LogP contribution in [0.2, 0.25) is 5.02 Å². The van der Waals surface area contributed by atoms with Crippen LogP contribution in [0.1, 0.15) is 30.1 Å². The number of halogens is 1. The number of benzene rings is 1. The fourth-order valence-electron chi connectivity index (χ4n) is 3.17. The largest absolute Gasteiger partial charge is 0.375 e. The topological polar surface area (TPSA) is 84.0 Å². The first-order valence-electron chi connectivity index (χ1n) is 8.45. The Morgan fingerprint density at radius 3 is 2.85 bits per heavy atom. The predicted molar refractivity (Wildman–Crippen MR) is 108 cm³/mol. The Bertz CT molecular complexity index is 1050. The molecule has 27 heavy (non-hydrogen) atoms. The summed E-state index contributed by atoms with van der Waals surface area (Å²) in [6.07, 6.45) is 6.37. The molecule has 0 radical (unpaired) electrons. The van der Waals surface area contributed by atoms with Crippen LogP contribution in [0.3, 0.4) is 0 Å². The molecule has 140 valence electrons. The number of pyridine rings is 1. The number of nitrogens with zero attached hydrogens (tertiary/aromatic N) is 2. The first-order valence-corrected chi connectivity index (χ1v) is 11.2. The Hall–Kier alpha value is -2.16. The van der Waals surface area contributed by atoms with Crippen LogP contribution in [0.4, 0.5) is 10.8 Å². The number of aromatic nitrogens is 2. The van der Waals surface area contributed by atoms with E-state index < -0.39 is 10.0 Å². The minimum absolute atomic E-state index is 0.0587. The van der Waals surface area contributed by atoms with Gasteiger partial charge in [0, 0.05) is 17.8 Å². The molecule has 2 heterocycles. The number of anilines is 2. The van der Waals surface area contributed by atoms with Crippen LogP contribution in [-0.4, -0.2) is 18.4 Å². The molecule has 0 aliphatic heterocycles. The number of fused-ring (bicyclic) bond motifs is 1. The van der Waals surface area contributed by atoms with Gasteiger partial charge in [0.25, 0.3) is 10.0 Å². The van der Waals surface area contributed by atoms with E-state index >= 15 is 0 Å². The quantitative estimate of drug-likeness (QED) is 0.635. The Morgan fingerprint density at radius 1 is 1.19 bits per heavy atom. The normalized spacial score (nSPS) is 16.6. The van der Waals surface area contributed by atoms with Gasteiger partial charge in [-0.05, 0) is 49.1 Å². The lowest BCUT2D eigenvalue weighted by Crippen LogP contribution is -2.19. The van der Waals surface area contributed by atoms with Gasteiger partial charge in [-0.1, -0.05) is 17.7 Å². The van der Waals surface area contributed by atoms with Gasteiger partial charge >= 0.3 is 0 Å². The fourth-order valence-corrected chi connectivity index (χ4v) is 5.28. The molecule has 9 heteroatoms.